The summed E-state index contributed by atoms with van der Waals surface area (Å²) < 4.78 is 0. The van der Waals surface area contributed by atoms with Crippen LogP contribution in [0.15, 0.2) is 53.7 Å². The molecule has 0 aliphatic rings. The lowest BCUT2D eigenvalue weighted by atomic mass is 9.97. The number of halogens is 1. The van der Waals surface area contributed by atoms with Crippen LogP contribution in [0.25, 0.3) is 0 Å². The standard InChI is InChI=1S/C20H23ClN2O2/c1-13(2)11-15-7-9-16(10-8-15)14(3)20(24)25-23-19(22)17-5-4-6-18(21)12-17/h4-10,12-14H,11H2,1-3H3,(H2,22,23). The van der Waals surface area contributed by atoms with Gasteiger partial charge in [-0.25, -0.2) is 4.79 Å². The Labute approximate surface area is 153 Å². The van der Waals surface area contributed by atoms with Crippen LogP contribution in [0.2, 0.25) is 5.02 Å². The number of nitrogens with two attached hydrogens (primary N) is 1. The van der Waals surface area contributed by atoms with E-state index in [0.717, 1.165) is 12.0 Å². The van der Waals surface area contributed by atoms with Crippen molar-refractivity contribution < 1.29 is 9.63 Å². The molecule has 1 unspecified atom stereocenters. The van der Waals surface area contributed by atoms with E-state index in [0.29, 0.717) is 16.5 Å². The molecule has 132 valence electrons. The average molecular weight is 359 g/mol. The van der Waals surface area contributed by atoms with E-state index >= 15 is 0 Å². The molecule has 25 heavy (non-hydrogen) atoms. The smallest absolute Gasteiger partial charge is 0.342 e. The van der Waals surface area contributed by atoms with Crippen molar-refractivity contribution in [2.45, 2.75) is 33.1 Å². The summed E-state index contributed by atoms with van der Waals surface area (Å²) in [6.45, 7) is 6.14. The van der Waals surface area contributed by atoms with Gasteiger partial charge in [0.1, 0.15) is 0 Å². The lowest BCUT2D eigenvalue weighted by Crippen LogP contribution is -2.17. The van der Waals surface area contributed by atoms with Crippen LogP contribution in [-0.4, -0.2) is 11.8 Å². The molecule has 0 aromatic heterocycles. The summed E-state index contributed by atoms with van der Waals surface area (Å²) in [7, 11) is 0. The molecule has 2 aromatic rings. The minimum absolute atomic E-state index is 0.107. The number of rotatable bonds is 6. The predicted molar refractivity (Wildman–Crippen MR) is 102 cm³/mol. The van der Waals surface area contributed by atoms with Crippen LogP contribution in [0.4, 0.5) is 0 Å². The Hall–Kier alpha value is -2.33. The van der Waals surface area contributed by atoms with Crippen molar-refractivity contribution >= 4 is 23.4 Å². The molecule has 0 radical (unpaired) electrons. The molecule has 0 aliphatic heterocycles. The van der Waals surface area contributed by atoms with E-state index in [1.807, 2.05) is 24.3 Å². The molecule has 0 amide bonds. The van der Waals surface area contributed by atoms with Gasteiger partial charge < -0.3 is 10.6 Å². The quantitative estimate of drug-likeness (QED) is 0.357. The van der Waals surface area contributed by atoms with Crippen LogP contribution in [-0.2, 0) is 16.1 Å². The Balaban J connectivity index is 2.01. The van der Waals surface area contributed by atoms with Gasteiger partial charge in [0.15, 0.2) is 5.84 Å². The van der Waals surface area contributed by atoms with Crippen molar-refractivity contribution in [3.05, 3.63) is 70.2 Å². The number of hydrogen-bond donors (Lipinski definition) is 1. The highest BCUT2D eigenvalue weighted by Crippen LogP contribution is 2.19. The van der Waals surface area contributed by atoms with E-state index in [9.17, 15) is 4.79 Å². The lowest BCUT2D eigenvalue weighted by Gasteiger charge is -2.11. The number of oxime groups is 1. The van der Waals surface area contributed by atoms with Gasteiger partial charge in [-0.05, 0) is 42.5 Å². The first-order valence-electron chi connectivity index (χ1n) is 8.26. The third kappa shape index (κ3) is 5.61. The summed E-state index contributed by atoms with van der Waals surface area (Å²) in [4.78, 5) is 17.2. The van der Waals surface area contributed by atoms with E-state index in [1.54, 1.807) is 31.2 Å². The number of amidine groups is 1. The number of hydrogen-bond acceptors (Lipinski definition) is 3. The molecule has 0 saturated heterocycles. The molecule has 2 rings (SSSR count). The first kappa shape index (κ1) is 19.0. The zero-order valence-corrected chi connectivity index (χ0v) is 15.5. The van der Waals surface area contributed by atoms with E-state index in [4.69, 9.17) is 22.2 Å². The summed E-state index contributed by atoms with van der Waals surface area (Å²) in [5.41, 5.74) is 8.57. The maximum absolute atomic E-state index is 12.2. The lowest BCUT2D eigenvalue weighted by molar-refractivity contribution is -0.145. The highest BCUT2D eigenvalue weighted by Gasteiger charge is 2.17. The van der Waals surface area contributed by atoms with Crippen molar-refractivity contribution in [1.29, 1.82) is 0 Å². The Kier molecular flexibility index (Phi) is 6.59. The SMILES string of the molecule is CC(C)Cc1ccc(C(C)C(=O)O/N=C(\N)c2cccc(Cl)c2)cc1. The second kappa shape index (κ2) is 8.67. The van der Waals surface area contributed by atoms with Crippen molar-refractivity contribution in [1.82, 2.24) is 0 Å². The maximum atomic E-state index is 12.2. The van der Waals surface area contributed by atoms with Gasteiger partial charge in [0, 0.05) is 10.6 Å². The monoisotopic (exact) mass is 358 g/mol. The molecule has 0 aliphatic carbocycles. The molecule has 0 saturated carbocycles. The number of carbonyl (C=O) groups excluding carboxylic acids is 1. The number of benzene rings is 2. The zero-order chi connectivity index (χ0) is 18.4. The first-order chi connectivity index (χ1) is 11.9. The molecule has 2 N–H and O–H groups in total. The second-order valence-corrected chi connectivity index (χ2v) is 6.89. The summed E-state index contributed by atoms with van der Waals surface area (Å²) in [5.74, 6) is -0.182. The summed E-state index contributed by atoms with van der Waals surface area (Å²) in [5, 5.41) is 4.26. The molecular weight excluding hydrogens is 336 g/mol. The topological polar surface area (TPSA) is 64.7 Å². The number of carbonyl (C=O) groups is 1. The molecule has 1 atom stereocenters. The van der Waals surface area contributed by atoms with Crippen molar-refractivity contribution in [3.63, 3.8) is 0 Å². The van der Waals surface area contributed by atoms with Gasteiger partial charge in [-0.1, -0.05) is 67.0 Å². The molecular formula is C20H23ClN2O2. The van der Waals surface area contributed by atoms with Crippen molar-refractivity contribution in [3.8, 4) is 0 Å². The predicted octanol–water partition coefficient (Wildman–Crippen LogP) is 4.51. The van der Waals surface area contributed by atoms with Gasteiger partial charge in [0.05, 0.1) is 5.92 Å². The van der Waals surface area contributed by atoms with Crippen LogP contribution in [0, 0.1) is 5.92 Å². The van der Waals surface area contributed by atoms with Gasteiger partial charge in [-0.3, -0.25) is 0 Å². The molecule has 2 aromatic carbocycles. The third-order valence-corrected chi connectivity index (χ3v) is 4.07. The van der Waals surface area contributed by atoms with Gasteiger partial charge in [-0.15, -0.1) is 0 Å². The van der Waals surface area contributed by atoms with Crippen LogP contribution in [0.3, 0.4) is 0 Å². The van der Waals surface area contributed by atoms with Gasteiger partial charge in [0.2, 0.25) is 0 Å². The molecule has 0 bridgehead atoms. The van der Waals surface area contributed by atoms with Crippen LogP contribution >= 0.6 is 11.6 Å². The van der Waals surface area contributed by atoms with E-state index in [2.05, 4.69) is 19.0 Å². The Morgan fingerprint density at radius 2 is 1.84 bits per heavy atom. The Morgan fingerprint density at radius 1 is 1.16 bits per heavy atom. The largest absolute Gasteiger partial charge is 0.380 e. The molecule has 5 heteroatoms. The first-order valence-corrected chi connectivity index (χ1v) is 8.63. The Morgan fingerprint density at radius 3 is 2.44 bits per heavy atom. The Bertz CT molecular complexity index is 755. The molecule has 0 fully saturated rings. The van der Waals surface area contributed by atoms with E-state index in [1.165, 1.54) is 5.56 Å². The molecule has 0 spiro atoms. The fraction of sp³-hybridized carbons (Fsp3) is 0.300. The summed E-state index contributed by atoms with van der Waals surface area (Å²) in [6.07, 6.45) is 1.01. The maximum Gasteiger partial charge on any atom is 0.342 e. The highest BCUT2D eigenvalue weighted by molar-refractivity contribution is 6.31. The molecule has 0 heterocycles. The van der Waals surface area contributed by atoms with Gasteiger partial charge in [-0.2, -0.15) is 0 Å². The van der Waals surface area contributed by atoms with Gasteiger partial charge >= 0.3 is 5.97 Å². The van der Waals surface area contributed by atoms with Gasteiger partial charge in [0.25, 0.3) is 0 Å². The van der Waals surface area contributed by atoms with E-state index in [-0.39, 0.29) is 5.84 Å². The molecule has 4 nitrogen and oxygen atoms in total. The van der Waals surface area contributed by atoms with Crippen LogP contribution in [0.5, 0.6) is 0 Å². The van der Waals surface area contributed by atoms with E-state index < -0.39 is 11.9 Å². The van der Waals surface area contributed by atoms with Crippen molar-refractivity contribution in [2.24, 2.45) is 16.8 Å². The normalized spacial score (nSPS) is 12.9. The average Bonchev–Trinajstić information content (AvgIpc) is 2.59. The van der Waals surface area contributed by atoms with Crippen LogP contribution in [0.1, 0.15) is 43.4 Å². The minimum Gasteiger partial charge on any atom is -0.380 e. The second-order valence-electron chi connectivity index (χ2n) is 6.46. The number of nitrogens with zero attached hydrogens (tertiary/aromatic N) is 1. The van der Waals surface area contributed by atoms with Crippen molar-refractivity contribution in [2.75, 3.05) is 0 Å². The fourth-order valence-corrected chi connectivity index (χ4v) is 2.61. The highest BCUT2D eigenvalue weighted by atomic mass is 35.5. The third-order valence-electron chi connectivity index (χ3n) is 3.83. The fourth-order valence-electron chi connectivity index (χ4n) is 2.42. The van der Waals surface area contributed by atoms with Crippen LogP contribution < -0.4 is 5.73 Å². The minimum atomic E-state index is -0.457. The zero-order valence-electron chi connectivity index (χ0n) is 14.7. The summed E-state index contributed by atoms with van der Waals surface area (Å²) >= 11 is 5.91. The summed E-state index contributed by atoms with van der Waals surface area (Å²) in [6, 6.07) is 14.9.